The zero-order valence-electron chi connectivity index (χ0n) is 14.2. The summed E-state index contributed by atoms with van der Waals surface area (Å²) in [6.07, 6.45) is 2.69. The molecule has 3 heteroatoms. The summed E-state index contributed by atoms with van der Waals surface area (Å²) in [6, 6.07) is 18.8. The Morgan fingerprint density at radius 1 is 1.12 bits per heavy atom. The van der Waals surface area contributed by atoms with E-state index in [2.05, 4.69) is 48.2 Å². The molecule has 0 spiro atoms. The number of hydrogen-bond donors (Lipinski definition) is 1. The molecule has 124 valence electrons. The number of aliphatic hydroxyl groups is 1. The van der Waals surface area contributed by atoms with Crippen LogP contribution in [0.3, 0.4) is 0 Å². The van der Waals surface area contributed by atoms with Crippen molar-refractivity contribution in [2.75, 3.05) is 18.0 Å². The fraction of sp³-hybridized carbons (Fsp3) is 0.381. The van der Waals surface area contributed by atoms with E-state index in [-0.39, 0.29) is 0 Å². The molecule has 0 radical (unpaired) electrons. The van der Waals surface area contributed by atoms with Crippen molar-refractivity contribution in [3.8, 4) is 0 Å². The highest BCUT2D eigenvalue weighted by molar-refractivity contribution is 6.10. The number of nitrogens with zero attached hydrogens (tertiary/aromatic N) is 2. The maximum Gasteiger partial charge on any atom is 0.149 e. The SMILES string of the molecule is CC(CCC1(O)C2=NCCCN2c2ccccc21)c1ccccc1. The van der Waals surface area contributed by atoms with Gasteiger partial charge in [0.05, 0.1) is 0 Å². The molecular formula is C21H24N2O. The van der Waals surface area contributed by atoms with Gasteiger partial charge in [0.15, 0.2) is 0 Å². The minimum Gasteiger partial charge on any atom is -0.377 e. The number of aliphatic imine (C=N–C) groups is 1. The van der Waals surface area contributed by atoms with Gasteiger partial charge < -0.3 is 10.0 Å². The molecule has 1 N–H and O–H groups in total. The van der Waals surface area contributed by atoms with E-state index in [0.717, 1.165) is 43.0 Å². The summed E-state index contributed by atoms with van der Waals surface area (Å²) in [5.74, 6) is 1.27. The van der Waals surface area contributed by atoms with Gasteiger partial charge in [-0.1, -0.05) is 55.5 Å². The molecule has 0 saturated carbocycles. The third-order valence-corrected chi connectivity index (χ3v) is 5.38. The summed E-state index contributed by atoms with van der Waals surface area (Å²) in [5.41, 5.74) is 2.53. The smallest absolute Gasteiger partial charge is 0.149 e. The Labute approximate surface area is 143 Å². The Balaban J connectivity index is 1.62. The Bertz CT molecular complexity index is 755. The second-order valence-electron chi connectivity index (χ2n) is 6.94. The first-order valence-corrected chi connectivity index (χ1v) is 8.89. The molecule has 4 rings (SSSR count). The van der Waals surface area contributed by atoms with Gasteiger partial charge in [0, 0.05) is 24.3 Å². The van der Waals surface area contributed by atoms with Gasteiger partial charge >= 0.3 is 0 Å². The maximum absolute atomic E-state index is 11.6. The van der Waals surface area contributed by atoms with Gasteiger partial charge in [-0.15, -0.1) is 0 Å². The molecule has 0 aromatic heterocycles. The molecule has 2 atom stereocenters. The van der Waals surface area contributed by atoms with Crippen LogP contribution in [0.5, 0.6) is 0 Å². The topological polar surface area (TPSA) is 35.8 Å². The van der Waals surface area contributed by atoms with Gasteiger partial charge in [-0.2, -0.15) is 0 Å². The van der Waals surface area contributed by atoms with Crippen LogP contribution in [0.15, 0.2) is 59.6 Å². The number of benzene rings is 2. The average molecular weight is 320 g/mol. The van der Waals surface area contributed by atoms with Gasteiger partial charge in [0.1, 0.15) is 11.4 Å². The fourth-order valence-electron chi connectivity index (χ4n) is 3.99. The zero-order chi connectivity index (χ0) is 16.6. The van der Waals surface area contributed by atoms with Crippen LogP contribution in [0.25, 0.3) is 0 Å². The second kappa shape index (κ2) is 6.06. The van der Waals surface area contributed by atoms with Gasteiger partial charge in [-0.05, 0) is 36.8 Å². The van der Waals surface area contributed by atoms with E-state index in [1.165, 1.54) is 5.56 Å². The van der Waals surface area contributed by atoms with E-state index in [1.807, 2.05) is 18.2 Å². The van der Waals surface area contributed by atoms with Crippen molar-refractivity contribution >= 4 is 11.5 Å². The molecule has 24 heavy (non-hydrogen) atoms. The van der Waals surface area contributed by atoms with Gasteiger partial charge in [-0.25, -0.2) is 0 Å². The molecule has 2 aliphatic heterocycles. The Hall–Kier alpha value is -2.13. The standard InChI is InChI=1S/C21H24N2O/c1-16(17-8-3-2-4-9-17)12-13-21(24)18-10-5-6-11-19(18)23-15-7-14-22-20(21)23/h2-6,8-11,16,24H,7,12-15H2,1H3. The lowest BCUT2D eigenvalue weighted by Gasteiger charge is -2.31. The molecule has 0 saturated heterocycles. The summed E-state index contributed by atoms with van der Waals surface area (Å²) in [5, 5.41) is 11.6. The van der Waals surface area contributed by atoms with Crippen molar-refractivity contribution in [3.05, 3.63) is 65.7 Å². The van der Waals surface area contributed by atoms with Crippen LogP contribution in [0, 0.1) is 0 Å². The highest BCUT2D eigenvalue weighted by atomic mass is 16.3. The number of rotatable bonds is 4. The zero-order valence-corrected chi connectivity index (χ0v) is 14.2. The largest absolute Gasteiger partial charge is 0.377 e. The number of hydrogen-bond acceptors (Lipinski definition) is 3. The molecule has 2 aromatic rings. The molecular weight excluding hydrogens is 296 g/mol. The van der Waals surface area contributed by atoms with Crippen LogP contribution in [0.2, 0.25) is 0 Å². The third kappa shape index (κ3) is 2.44. The summed E-state index contributed by atoms with van der Waals surface area (Å²) < 4.78 is 0. The quantitative estimate of drug-likeness (QED) is 0.921. The lowest BCUT2D eigenvalue weighted by atomic mass is 9.85. The van der Waals surface area contributed by atoms with Crippen LogP contribution in [-0.2, 0) is 5.60 Å². The van der Waals surface area contributed by atoms with Crippen LogP contribution in [0.1, 0.15) is 43.2 Å². The molecule has 2 aromatic carbocycles. The average Bonchev–Trinajstić information content (AvgIpc) is 2.91. The van der Waals surface area contributed by atoms with E-state index in [0.29, 0.717) is 12.3 Å². The molecule has 0 fully saturated rings. The van der Waals surface area contributed by atoms with Crippen LogP contribution >= 0.6 is 0 Å². The molecule has 0 bridgehead atoms. The molecule has 2 aliphatic rings. The van der Waals surface area contributed by atoms with Crippen molar-refractivity contribution in [1.82, 2.24) is 0 Å². The van der Waals surface area contributed by atoms with E-state index in [9.17, 15) is 5.11 Å². The minimum atomic E-state index is -0.944. The second-order valence-corrected chi connectivity index (χ2v) is 6.94. The predicted octanol–water partition coefficient (Wildman–Crippen LogP) is 4.08. The molecule has 2 heterocycles. The Morgan fingerprint density at radius 3 is 2.71 bits per heavy atom. The monoisotopic (exact) mass is 320 g/mol. The highest BCUT2D eigenvalue weighted by Crippen LogP contribution is 2.45. The van der Waals surface area contributed by atoms with Crippen molar-refractivity contribution in [2.24, 2.45) is 4.99 Å². The van der Waals surface area contributed by atoms with Gasteiger partial charge in [0.2, 0.25) is 0 Å². The van der Waals surface area contributed by atoms with Crippen molar-refractivity contribution < 1.29 is 5.11 Å². The van der Waals surface area contributed by atoms with E-state index < -0.39 is 5.60 Å². The first-order chi connectivity index (χ1) is 11.7. The molecule has 3 nitrogen and oxygen atoms in total. The molecule has 2 unspecified atom stereocenters. The minimum absolute atomic E-state index is 0.417. The number of fused-ring (bicyclic) bond motifs is 3. The lowest BCUT2D eigenvalue weighted by molar-refractivity contribution is 0.0993. The van der Waals surface area contributed by atoms with E-state index >= 15 is 0 Å². The highest BCUT2D eigenvalue weighted by Gasteiger charge is 2.47. The third-order valence-electron chi connectivity index (χ3n) is 5.38. The maximum atomic E-state index is 11.6. The lowest BCUT2D eigenvalue weighted by Crippen LogP contribution is -2.43. The molecule has 0 amide bonds. The van der Waals surface area contributed by atoms with Crippen LogP contribution < -0.4 is 4.90 Å². The number of amidine groups is 1. The van der Waals surface area contributed by atoms with E-state index in [4.69, 9.17) is 4.99 Å². The Kier molecular flexibility index (Phi) is 3.89. The van der Waals surface area contributed by atoms with Gasteiger partial charge in [0.25, 0.3) is 0 Å². The summed E-state index contributed by atoms with van der Waals surface area (Å²) in [7, 11) is 0. The number of anilines is 1. The Morgan fingerprint density at radius 2 is 1.88 bits per heavy atom. The summed E-state index contributed by atoms with van der Waals surface area (Å²) in [6.45, 7) is 4.00. The van der Waals surface area contributed by atoms with Crippen molar-refractivity contribution in [3.63, 3.8) is 0 Å². The first kappa shape index (κ1) is 15.4. The first-order valence-electron chi connectivity index (χ1n) is 8.89. The van der Waals surface area contributed by atoms with Gasteiger partial charge in [-0.3, -0.25) is 4.99 Å². The normalized spacial score (nSPS) is 23.4. The molecule has 0 aliphatic carbocycles. The summed E-state index contributed by atoms with van der Waals surface area (Å²) >= 11 is 0. The number of para-hydroxylation sites is 1. The van der Waals surface area contributed by atoms with E-state index in [1.54, 1.807) is 0 Å². The summed E-state index contributed by atoms with van der Waals surface area (Å²) in [4.78, 5) is 6.92. The predicted molar refractivity (Wildman–Crippen MR) is 98.7 cm³/mol. The fourth-order valence-corrected chi connectivity index (χ4v) is 3.99. The van der Waals surface area contributed by atoms with Crippen LogP contribution in [0.4, 0.5) is 5.69 Å². The van der Waals surface area contributed by atoms with Crippen molar-refractivity contribution in [1.29, 1.82) is 0 Å². The van der Waals surface area contributed by atoms with Crippen molar-refractivity contribution in [2.45, 2.75) is 37.7 Å². The van der Waals surface area contributed by atoms with Crippen LogP contribution in [-0.4, -0.2) is 24.0 Å².